The molecule has 4 aliphatic heterocycles. The number of hydrogen-bond donors (Lipinski definition) is 11. The van der Waals surface area contributed by atoms with E-state index in [2.05, 4.69) is 0 Å². The normalized spacial score (nSPS) is 43.5. The van der Waals surface area contributed by atoms with Crippen LogP contribution in [0.25, 0.3) is 0 Å². The van der Waals surface area contributed by atoms with Crippen molar-refractivity contribution in [2.45, 2.75) is 214 Å². The first kappa shape index (κ1) is 48.4. The standard InChI is InChI=1S/C37H66O20/c1-4-12-19(13-10-8-6-5-7-9-11-14-22(40)41)53-36-32(25(44)20(39)16-50-36)57-37-33(28(47)26(45)21(15-38)54-37)56-35-30(49)31(24(43)18(3)52-35)55-34-29(48)27(46)23(42)17(2)51-34/h17-21,23-39,42-49H,4-16H2,1-3H3,(H,40,41)/t17-,18-,19-,20+,21+,23-,24-,25-,26-,27+,28-,29+,30+,31+,32+,33+,34-,35-,36-,37-/m0/s1. The van der Waals surface area contributed by atoms with Crippen LogP contribution in [0.2, 0.25) is 0 Å². The molecule has 0 spiro atoms. The molecule has 20 heteroatoms. The highest BCUT2D eigenvalue weighted by Crippen LogP contribution is 2.35. The van der Waals surface area contributed by atoms with Crippen LogP contribution in [0.1, 0.15) is 91.4 Å². The van der Waals surface area contributed by atoms with Gasteiger partial charge in [-0.3, -0.25) is 4.79 Å². The summed E-state index contributed by atoms with van der Waals surface area (Å²) in [7, 11) is 0. The number of ether oxygens (including phenoxy) is 8. The van der Waals surface area contributed by atoms with Crippen molar-refractivity contribution in [1.29, 1.82) is 0 Å². The fraction of sp³-hybridized carbons (Fsp3) is 0.973. The van der Waals surface area contributed by atoms with Crippen molar-refractivity contribution in [3.8, 4) is 0 Å². The monoisotopic (exact) mass is 830 g/mol. The molecular formula is C37H66O20. The molecular weight excluding hydrogens is 764 g/mol. The quantitative estimate of drug-likeness (QED) is 0.0544. The van der Waals surface area contributed by atoms with Gasteiger partial charge in [0.15, 0.2) is 25.2 Å². The maximum atomic E-state index is 11.4. The molecule has 0 amide bonds. The second kappa shape index (κ2) is 23.1. The maximum absolute atomic E-state index is 11.4. The van der Waals surface area contributed by atoms with E-state index in [0.29, 0.717) is 19.3 Å². The van der Waals surface area contributed by atoms with Crippen LogP contribution < -0.4 is 0 Å². The second-order valence-electron chi connectivity index (χ2n) is 15.6. The smallest absolute Gasteiger partial charge is 0.303 e. The average molecular weight is 831 g/mol. The van der Waals surface area contributed by atoms with E-state index in [0.717, 1.165) is 44.9 Å². The number of unbranched alkanes of at least 4 members (excludes halogenated alkanes) is 6. The molecule has 0 bridgehead atoms. The van der Waals surface area contributed by atoms with Crippen molar-refractivity contribution in [2.75, 3.05) is 13.2 Å². The summed E-state index contributed by atoms with van der Waals surface area (Å²) in [5.41, 5.74) is 0. The second-order valence-corrected chi connectivity index (χ2v) is 15.6. The van der Waals surface area contributed by atoms with Crippen LogP contribution in [0.15, 0.2) is 0 Å². The van der Waals surface area contributed by atoms with Crippen molar-refractivity contribution in [3.05, 3.63) is 0 Å². The third-order valence-corrected chi connectivity index (χ3v) is 11.1. The molecule has 0 aromatic carbocycles. The molecule has 0 aliphatic carbocycles. The van der Waals surface area contributed by atoms with Crippen LogP contribution in [-0.4, -0.2) is 198 Å². The first-order valence-electron chi connectivity index (χ1n) is 20.2. The van der Waals surface area contributed by atoms with Gasteiger partial charge < -0.3 is 94.1 Å². The fourth-order valence-corrected chi connectivity index (χ4v) is 7.52. The van der Waals surface area contributed by atoms with Gasteiger partial charge in [-0.1, -0.05) is 51.9 Å². The zero-order valence-corrected chi connectivity index (χ0v) is 32.8. The van der Waals surface area contributed by atoms with E-state index in [9.17, 15) is 55.9 Å². The molecule has 11 N–H and O–H groups in total. The number of carboxylic acids is 1. The van der Waals surface area contributed by atoms with Crippen LogP contribution in [0.4, 0.5) is 0 Å². The summed E-state index contributed by atoms with van der Waals surface area (Å²) in [4.78, 5) is 10.7. The van der Waals surface area contributed by atoms with E-state index in [1.165, 1.54) is 13.8 Å². The lowest BCUT2D eigenvalue weighted by atomic mass is 9.96. The van der Waals surface area contributed by atoms with E-state index >= 15 is 0 Å². The lowest BCUT2D eigenvalue weighted by Gasteiger charge is -2.49. The van der Waals surface area contributed by atoms with Crippen LogP contribution in [0.5, 0.6) is 0 Å². The number of aliphatic hydroxyl groups is 10. The molecule has 334 valence electrons. The summed E-state index contributed by atoms with van der Waals surface area (Å²) in [5.74, 6) is -0.793. The molecule has 20 nitrogen and oxygen atoms in total. The van der Waals surface area contributed by atoms with E-state index in [4.69, 9.17) is 43.0 Å². The van der Waals surface area contributed by atoms with Crippen LogP contribution >= 0.6 is 0 Å². The average Bonchev–Trinajstić information content (AvgIpc) is 3.17. The van der Waals surface area contributed by atoms with Gasteiger partial charge in [0.2, 0.25) is 0 Å². The first-order chi connectivity index (χ1) is 27.1. The lowest BCUT2D eigenvalue weighted by molar-refractivity contribution is -0.397. The van der Waals surface area contributed by atoms with E-state index < -0.39 is 129 Å². The van der Waals surface area contributed by atoms with E-state index in [1.54, 1.807) is 0 Å². The largest absolute Gasteiger partial charge is 0.481 e. The fourth-order valence-electron chi connectivity index (χ4n) is 7.52. The zero-order valence-electron chi connectivity index (χ0n) is 32.8. The molecule has 4 fully saturated rings. The Morgan fingerprint density at radius 1 is 0.596 bits per heavy atom. The Morgan fingerprint density at radius 3 is 1.79 bits per heavy atom. The molecule has 57 heavy (non-hydrogen) atoms. The topological polar surface area (TPSA) is 313 Å². The number of hydrogen-bond acceptors (Lipinski definition) is 19. The minimum Gasteiger partial charge on any atom is -0.481 e. The van der Waals surface area contributed by atoms with Gasteiger partial charge in [0.25, 0.3) is 0 Å². The molecule has 0 aromatic rings. The minimum atomic E-state index is -1.87. The molecule has 4 saturated heterocycles. The minimum absolute atomic E-state index is 0.169. The number of rotatable bonds is 21. The van der Waals surface area contributed by atoms with Crippen molar-refractivity contribution in [3.63, 3.8) is 0 Å². The number of carboxylic acid groups (broad SMARTS) is 1. The molecule has 4 aliphatic rings. The molecule has 4 heterocycles. The molecule has 0 unspecified atom stereocenters. The summed E-state index contributed by atoms with van der Waals surface area (Å²) in [6.07, 6.45) is -21.6. The van der Waals surface area contributed by atoms with Crippen LogP contribution in [-0.2, 0) is 42.7 Å². The third-order valence-electron chi connectivity index (χ3n) is 11.1. The van der Waals surface area contributed by atoms with Gasteiger partial charge in [0.05, 0.1) is 31.5 Å². The van der Waals surface area contributed by atoms with Gasteiger partial charge in [-0.25, -0.2) is 0 Å². The third kappa shape index (κ3) is 12.9. The highest BCUT2D eigenvalue weighted by molar-refractivity contribution is 5.66. The predicted molar refractivity (Wildman–Crippen MR) is 192 cm³/mol. The van der Waals surface area contributed by atoms with Crippen molar-refractivity contribution >= 4 is 5.97 Å². The van der Waals surface area contributed by atoms with Crippen molar-refractivity contribution in [1.82, 2.24) is 0 Å². The van der Waals surface area contributed by atoms with Gasteiger partial charge in [-0.2, -0.15) is 0 Å². The summed E-state index contributed by atoms with van der Waals surface area (Å²) in [5, 5.41) is 116. The summed E-state index contributed by atoms with van der Waals surface area (Å²) >= 11 is 0. The Labute approximate surface area is 332 Å². The Balaban J connectivity index is 1.45. The molecule has 0 aromatic heterocycles. The van der Waals surface area contributed by atoms with Gasteiger partial charge in [0.1, 0.15) is 79.4 Å². The molecule has 20 atom stereocenters. The zero-order chi connectivity index (χ0) is 42.0. The van der Waals surface area contributed by atoms with Gasteiger partial charge in [-0.15, -0.1) is 0 Å². The predicted octanol–water partition coefficient (Wildman–Crippen LogP) is -2.27. The van der Waals surface area contributed by atoms with Crippen molar-refractivity contribution < 1.29 is 98.9 Å². The van der Waals surface area contributed by atoms with Crippen molar-refractivity contribution in [2.24, 2.45) is 0 Å². The Bertz CT molecular complexity index is 1170. The van der Waals surface area contributed by atoms with Gasteiger partial charge >= 0.3 is 5.97 Å². The van der Waals surface area contributed by atoms with E-state index in [1.807, 2.05) is 6.92 Å². The lowest BCUT2D eigenvalue weighted by Crippen LogP contribution is -2.67. The summed E-state index contributed by atoms with van der Waals surface area (Å²) in [6.45, 7) is 3.75. The Morgan fingerprint density at radius 2 is 1.16 bits per heavy atom. The highest BCUT2D eigenvalue weighted by atomic mass is 16.8. The SMILES string of the molecule is CCC[C@@H](CCCCCCCCCC(=O)O)O[C@@H]1OC[C@@H](O)[C@H](O)[C@H]1O[C@@H]1O[C@H](CO)[C@H](O)[C@H](O)[C@H]1O[C@@H]1O[C@@H](C)[C@H](O)[C@@H](O[C@@H]2O[C@@H](C)[C@H](O)[C@@H](O)[C@H]2O)[C@H]1O. The molecule has 0 saturated carbocycles. The van der Waals surface area contributed by atoms with Gasteiger partial charge in [0, 0.05) is 6.42 Å². The highest BCUT2D eigenvalue weighted by Gasteiger charge is 2.54. The summed E-state index contributed by atoms with van der Waals surface area (Å²) in [6, 6.07) is 0. The molecule has 0 radical (unpaired) electrons. The Hall–Kier alpha value is -1.25. The molecule has 4 rings (SSSR count). The number of aliphatic hydroxyl groups excluding tert-OH is 10. The summed E-state index contributed by atoms with van der Waals surface area (Å²) < 4.78 is 47.0. The van der Waals surface area contributed by atoms with Crippen LogP contribution in [0, 0.1) is 0 Å². The van der Waals surface area contributed by atoms with Crippen LogP contribution in [0.3, 0.4) is 0 Å². The van der Waals surface area contributed by atoms with E-state index in [-0.39, 0.29) is 19.1 Å². The number of aliphatic carboxylic acids is 1. The number of carbonyl (C=O) groups is 1. The Kier molecular flexibility index (Phi) is 19.6. The first-order valence-corrected chi connectivity index (χ1v) is 20.2. The van der Waals surface area contributed by atoms with Gasteiger partial charge in [-0.05, 0) is 33.1 Å². The maximum Gasteiger partial charge on any atom is 0.303 e.